The number of nitrogens with one attached hydrogen (secondary N) is 1. The molecule has 0 aliphatic carbocycles. The number of halogens is 1. The Hall–Kier alpha value is -1.45. The van der Waals surface area contributed by atoms with Gasteiger partial charge in [-0.05, 0) is 31.2 Å². The van der Waals surface area contributed by atoms with Crippen molar-refractivity contribution in [2.24, 2.45) is 0 Å². The van der Waals surface area contributed by atoms with E-state index in [9.17, 15) is 0 Å². The Bertz CT molecular complexity index is 555. The first-order valence-corrected chi connectivity index (χ1v) is 6.84. The van der Waals surface area contributed by atoms with Crippen molar-refractivity contribution in [3.63, 3.8) is 0 Å². The molecule has 0 aliphatic rings. The quantitative estimate of drug-likeness (QED) is 0.911. The van der Waals surface area contributed by atoms with Gasteiger partial charge >= 0.3 is 0 Å². The molecule has 2 aromatic rings. The van der Waals surface area contributed by atoms with Gasteiger partial charge in [0.25, 0.3) is 0 Å². The number of nitrogens with zero attached hydrogens (tertiary/aromatic N) is 2. The van der Waals surface area contributed by atoms with Crippen LogP contribution < -0.4 is 5.32 Å². The van der Waals surface area contributed by atoms with Gasteiger partial charge in [0.05, 0.1) is 5.69 Å². The minimum Gasteiger partial charge on any atom is -0.311 e. The van der Waals surface area contributed by atoms with Crippen molar-refractivity contribution in [3.8, 4) is 0 Å². The van der Waals surface area contributed by atoms with E-state index in [1.807, 2.05) is 37.3 Å². The number of rotatable bonds is 5. The molecular formula is C15H18ClN3. The summed E-state index contributed by atoms with van der Waals surface area (Å²) >= 11 is 6.17. The lowest BCUT2D eigenvalue weighted by molar-refractivity contribution is 0.700. The monoisotopic (exact) mass is 275 g/mol. The van der Waals surface area contributed by atoms with Crippen LogP contribution in [0.5, 0.6) is 0 Å². The van der Waals surface area contributed by atoms with E-state index in [-0.39, 0.29) is 0 Å². The third kappa shape index (κ3) is 4.01. The summed E-state index contributed by atoms with van der Waals surface area (Å²) in [6.45, 7) is 5.78. The highest BCUT2D eigenvalue weighted by Gasteiger charge is 2.06. The zero-order valence-electron chi connectivity index (χ0n) is 11.3. The van der Waals surface area contributed by atoms with Crippen molar-refractivity contribution in [2.45, 2.75) is 26.8 Å². The van der Waals surface area contributed by atoms with Gasteiger partial charge in [0.1, 0.15) is 5.82 Å². The maximum atomic E-state index is 6.17. The molecule has 0 spiro atoms. The molecule has 0 fully saturated rings. The Kier molecular flexibility index (Phi) is 4.88. The van der Waals surface area contributed by atoms with Gasteiger partial charge in [0.15, 0.2) is 0 Å². The molecule has 0 unspecified atom stereocenters. The van der Waals surface area contributed by atoms with E-state index in [1.165, 1.54) is 0 Å². The Morgan fingerprint density at radius 3 is 2.74 bits per heavy atom. The minimum absolute atomic E-state index is 0.667. The second-order valence-electron chi connectivity index (χ2n) is 4.47. The van der Waals surface area contributed by atoms with Crippen LogP contribution in [0.2, 0.25) is 5.02 Å². The number of benzene rings is 1. The van der Waals surface area contributed by atoms with Gasteiger partial charge in [0.2, 0.25) is 0 Å². The normalized spacial score (nSPS) is 10.7. The second-order valence-corrected chi connectivity index (χ2v) is 4.87. The number of hydrogen-bond donors (Lipinski definition) is 1. The van der Waals surface area contributed by atoms with E-state index in [0.29, 0.717) is 6.42 Å². The average Bonchev–Trinajstić information content (AvgIpc) is 2.38. The molecule has 0 amide bonds. The number of hydrogen-bond acceptors (Lipinski definition) is 3. The van der Waals surface area contributed by atoms with Gasteiger partial charge in [-0.25, -0.2) is 9.97 Å². The van der Waals surface area contributed by atoms with Crippen LogP contribution in [-0.2, 0) is 13.0 Å². The number of aromatic nitrogens is 2. The van der Waals surface area contributed by atoms with Crippen molar-refractivity contribution in [1.29, 1.82) is 0 Å². The molecule has 0 saturated heterocycles. The summed E-state index contributed by atoms with van der Waals surface area (Å²) in [6.07, 6.45) is 0.667. The van der Waals surface area contributed by atoms with E-state index in [1.54, 1.807) is 0 Å². The molecule has 0 bridgehead atoms. The van der Waals surface area contributed by atoms with Crippen molar-refractivity contribution in [3.05, 3.63) is 58.1 Å². The molecule has 19 heavy (non-hydrogen) atoms. The molecule has 1 N–H and O–H groups in total. The molecule has 0 radical (unpaired) electrons. The van der Waals surface area contributed by atoms with Gasteiger partial charge < -0.3 is 5.32 Å². The first-order valence-electron chi connectivity index (χ1n) is 6.46. The lowest BCUT2D eigenvalue weighted by Gasteiger charge is -2.07. The lowest BCUT2D eigenvalue weighted by Crippen LogP contribution is -2.14. The molecule has 2 rings (SSSR count). The van der Waals surface area contributed by atoms with Crippen LogP contribution in [0, 0.1) is 6.92 Å². The van der Waals surface area contributed by atoms with E-state index >= 15 is 0 Å². The Balaban J connectivity index is 2.20. The van der Waals surface area contributed by atoms with Crippen LogP contribution in [-0.4, -0.2) is 16.5 Å². The zero-order chi connectivity index (χ0) is 13.7. The molecule has 100 valence electrons. The average molecular weight is 276 g/mol. The molecule has 0 aliphatic heterocycles. The summed E-state index contributed by atoms with van der Waals surface area (Å²) in [6, 6.07) is 9.83. The Morgan fingerprint density at radius 1 is 1.21 bits per heavy atom. The van der Waals surface area contributed by atoms with E-state index in [4.69, 9.17) is 11.6 Å². The highest BCUT2D eigenvalue weighted by molar-refractivity contribution is 6.31. The van der Waals surface area contributed by atoms with Crippen molar-refractivity contribution in [2.75, 3.05) is 6.54 Å². The summed E-state index contributed by atoms with van der Waals surface area (Å²) in [5.74, 6) is 0.820. The number of aryl methyl sites for hydroxylation is 1. The van der Waals surface area contributed by atoms with Crippen LogP contribution in [0.3, 0.4) is 0 Å². The second kappa shape index (κ2) is 6.64. The third-order valence-corrected chi connectivity index (χ3v) is 3.18. The smallest absolute Gasteiger partial charge is 0.133 e. The van der Waals surface area contributed by atoms with E-state index in [2.05, 4.69) is 22.2 Å². The van der Waals surface area contributed by atoms with Crippen molar-refractivity contribution in [1.82, 2.24) is 15.3 Å². The first kappa shape index (κ1) is 14.0. The topological polar surface area (TPSA) is 37.8 Å². The summed E-state index contributed by atoms with van der Waals surface area (Å²) in [4.78, 5) is 9.06. The summed E-state index contributed by atoms with van der Waals surface area (Å²) in [5.41, 5.74) is 3.07. The SMILES string of the molecule is CCNCc1cc(C)nc(Cc2ccccc2Cl)n1. The van der Waals surface area contributed by atoms with Crippen LogP contribution >= 0.6 is 11.6 Å². The Labute approximate surface area is 119 Å². The van der Waals surface area contributed by atoms with Gasteiger partial charge in [-0.2, -0.15) is 0 Å². The predicted molar refractivity (Wildman–Crippen MR) is 78.4 cm³/mol. The summed E-state index contributed by atoms with van der Waals surface area (Å²) in [5, 5.41) is 4.04. The minimum atomic E-state index is 0.667. The van der Waals surface area contributed by atoms with Gasteiger partial charge in [-0.15, -0.1) is 0 Å². The highest BCUT2D eigenvalue weighted by Crippen LogP contribution is 2.17. The van der Waals surface area contributed by atoms with Gasteiger partial charge in [-0.3, -0.25) is 0 Å². The van der Waals surface area contributed by atoms with Crippen molar-refractivity contribution < 1.29 is 0 Å². The van der Waals surface area contributed by atoms with E-state index < -0.39 is 0 Å². The van der Waals surface area contributed by atoms with E-state index in [0.717, 1.165) is 40.9 Å². The molecule has 0 saturated carbocycles. The van der Waals surface area contributed by atoms with Crippen LogP contribution in [0.25, 0.3) is 0 Å². The van der Waals surface area contributed by atoms with Gasteiger partial charge in [-0.1, -0.05) is 36.7 Å². The van der Waals surface area contributed by atoms with Crippen LogP contribution in [0.1, 0.15) is 29.7 Å². The van der Waals surface area contributed by atoms with Crippen molar-refractivity contribution >= 4 is 11.6 Å². The maximum absolute atomic E-state index is 6.17. The summed E-state index contributed by atoms with van der Waals surface area (Å²) < 4.78 is 0. The predicted octanol–water partition coefficient (Wildman–Crippen LogP) is 3.14. The lowest BCUT2D eigenvalue weighted by atomic mass is 10.1. The van der Waals surface area contributed by atoms with Crippen LogP contribution in [0.4, 0.5) is 0 Å². The summed E-state index contributed by atoms with van der Waals surface area (Å²) in [7, 11) is 0. The molecule has 1 aromatic carbocycles. The van der Waals surface area contributed by atoms with Gasteiger partial charge in [0, 0.05) is 23.7 Å². The molecular weight excluding hydrogens is 258 g/mol. The first-order chi connectivity index (χ1) is 9.19. The largest absolute Gasteiger partial charge is 0.311 e. The fourth-order valence-electron chi connectivity index (χ4n) is 1.93. The molecule has 1 heterocycles. The highest BCUT2D eigenvalue weighted by atomic mass is 35.5. The fourth-order valence-corrected chi connectivity index (χ4v) is 2.14. The molecule has 1 aromatic heterocycles. The third-order valence-electron chi connectivity index (χ3n) is 2.82. The molecule has 4 heteroatoms. The molecule has 0 atom stereocenters. The maximum Gasteiger partial charge on any atom is 0.133 e. The standard InChI is InChI=1S/C15H18ClN3/c1-3-17-10-13-8-11(2)18-15(19-13)9-12-6-4-5-7-14(12)16/h4-8,17H,3,9-10H2,1-2H3. The Morgan fingerprint density at radius 2 is 2.00 bits per heavy atom. The zero-order valence-corrected chi connectivity index (χ0v) is 12.0. The fraction of sp³-hybridized carbons (Fsp3) is 0.333. The van der Waals surface area contributed by atoms with Crippen LogP contribution in [0.15, 0.2) is 30.3 Å². The molecule has 3 nitrogen and oxygen atoms in total.